The number of hydrogen-bond donors (Lipinski definition) is 0. The van der Waals surface area contributed by atoms with Crippen LogP contribution in [0.3, 0.4) is 0 Å². The predicted molar refractivity (Wildman–Crippen MR) is 125 cm³/mol. The molecule has 0 spiro atoms. The summed E-state index contributed by atoms with van der Waals surface area (Å²) < 4.78 is 12.9. The highest BCUT2D eigenvalue weighted by molar-refractivity contribution is 7.98. The van der Waals surface area contributed by atoms with Crippen molar-refractivity contribution in [3.05, 3.63) is 99.3 Å². The largest absolute Gasteiger partial charge is 0.467 e. The van der Waals surface area contributed by atoms with Crippen LogP contribution in [0, 0.1) is 6.92 Å². The Balaban J connectivity index is 1.51. The van der Waals surface area contributed by atoms with Gasteiger partial charge in [0.15, 0.2) is 11.0 Å². The van der Waals surface area contributed by atoms with Gasteiger partial charge in [-0.3, -0.25) is 4.57 Å². The van der Waals surface area contributed by atoms with Crippen LogP contribution in [0.25, 0.3) is 22.4 Å². The molecule has 0 radical (unpaired) electrons. The number of fused-ring (bicyclic) bond motifs is 1. The van der Waals surface area contributed by atoms with E-state index in [0.717, 1.165) is 33.0 Å². The van der Waals surface area contributed by atoms with Crippen molar-refractivity contribution in [2.24, 2.45) is 0 Å². The molecule has 0 unspecified atom stereocenters. The summed E-state index contributed by atoms with van der Waals surface area (Å²) in [6, 6.07) is 18.7. The molecule has 0 N–H and O–H groups in total. The maximum atomic E-state index is 12.1. The lowest BCUT2D eigenvalue weighted by Gasteiger charge is -2.10. The summed E-state index contributed by atoms with van der Waals surface area (Å²) in [5, 5.41) is 11.1. The Morgan fingerprint density at radius 2 is 1.91 bits per heavy atom. The zero-order valence-corrected chi connectivity index (χ0v) is 18.7. The summed E-state index contributed by atoms with van der Waals surface area (Å²) in [7, 11) is 0. The number of halogens is 1. The fourth-order valence-electron chi connectivity index (χ4n) is 3.51. The molecule has 0 saturated heterocycles. The van der Waals surface area contributed by atoms with Gasteiger partial charge in [0.1, 0.15) is 11.3 Å². The SMILES string of the molecule is Cc1ccc2c(CSc3nnc(-c4ccc(Cl)cc4)n3Cc3ccco3)cc(=O)oc2c1. The van der Waals surface area contributed by atoms with Crippen molar-refractivity contribution in [2.45, 2.75) is 24.4 Å². The third kappa shape index (κ3) is 4.22. The highest BCUT2D eigenvalue weighted by atomic mass is 35.5. The Kier molecular flexibility index (Phi) is 5.59. The second kappa shape index (κ2) is 8.68. The third-order valence-electron chi connectivity index (χ3n) is 5.06. The maximum Gasteiger partial charge on any atom is 0.336 e. The lowest BCUT2D eigenvalue weighted by molar-refractivity contribution is 0.485. The quantitative estimate of drug-likeness (QED) is 0.229. The second-order valence-corrected chi connectivity index (χ2v) is 8.74. The van der Waals surface area contributed by atoms with Gasteiger partial charge in [-0.05, 0) is 60.5 Å². The van der Waals surface area contributed by atoms with E-state index in [2.05, 4.69) is 10.2 Å². The molecule has 0 saturated carbocycles. The molecule has 0 aliphatic rings. The predicted octanol–water partition coefficient (Wildman–Crippen LogP) is 5.95. The first-order chi connectivity index (χ1) is 15.6. The van der Waals surface area contributed by atoms with Gasteiger partial charge in [0, 0.05) is 27.8 Å². The van der Waals surface area contributed by atoms with E-state index < -0.39 is 0 Å². The Morgan fingerprint density at radius 3 is 2.69 bits per heavy atom. The number of nitrogens with zero attached hydrogens (tertiary/aromatic N) is 3. The minimum absolute atomic E-state index is 0.363. The molecule has 160 valence electrons. The molecule has 0 aliphatic carbocycles. The van der Waals surface area contributed by atoms with E-state index in [1.54, 1.807) is 6.26 Å². The maximum absolute atomic E-state index is 12.1. The normalized spacial score (nSPS) is 11.3. The topological polar surface area (TPSA) is 74.1 Å². The molecular formula is C24H18ClN3O3S. The van der Waals surface area contributed by atoms with Crippen LogP contribution in [0.2, 0.25) is 5.02 Å². The molecule has 8 heteroatoms. The van der Waals surface area contributed by atoms with Crippen molar-refractivity contribution in [1.29, 1.82) is 0 Å². The number of furan rings is 1. The van der Waals surface area contributed by atoms with Gasteiger partial charge >= 0.3 is 5.63 Å². The van der Waals surface area contributed by atoms with Gasteiger partial charge in [-0.1, -0.05) is 35.5 Å². The lowest BCUT2D eigenvalue weighted by atomic mass is 10.1. The monoisotopic (exact) mass is 463 g/mol. The van der Waals surface area contributed by atoms with E-state index in [1.165, 1.54) is 17.8 Å². The summed E-state index contributed by atoms with van der Waals surface area (Å²) in [5.41, 5.74) is 3.06. The lowest BCUT2D eigenvalue weighted by Crippen LogP contribution is -2.04. The van der Waals surface area contributed by atoms with E-state index in [1.807, 2.05) is 66.1 Å². The average molecular weight is 464 g/mol. The van der Waals surface area contributed by atoms with Crippen LogP contribution in [-0.2, 0) is 12.3 Å². The van der Waals surface area contributed by atoms with Crippen LogP contribution in [0.15, 0.2) is 85.7 Å². The number of benzene rings is 2. The van der Waals surface area contributed by atoms with Crippen LogP contribution >= 0.6 is 23.4 Å². The molecule has 2 aromatic carbocycles. The van der Waals surface area contributed by atoms with Crippen molar-refractivity contribution in [3.63, 3.8) is 0 Å². The van der Waals surface area contributed by atoms with Gasteiger partial charge < -0.3 is 8.83 Å². The van der Waals surface area contributed by atoms with E-state index in [9.17, 15) is 4.79 Å². The summed E-state index contributed by atoms with van der Waals surface area (Å²) in [6.07, 6.45) is 1.64. The standard InChI is InChI=1S/C24H18ClN3O3S/c1-15-4-9-20-17(12-22(29)31-21(20)11-15)14-32-24-27-26-23(16-5-7-18(25)8-6-16)28(24)13-19-3-2-10-30-19/h2-12H,13-14H2,1H3. The summed E-state index contributed by atoms with van der Waals surface area (Å²) in [6.45, 7) is 2.45. The highest BCUT2D eigenvalue weighted by Gasteiger charge is 2.17. The Hall–Kier alpha value is -3.29. The molecule has 0 fully saturated rings. The molecule has 3 aromatic heterocycles. The van der Waals surface area contributed by atoms with Crippen molar-refractivity contribution in [2.75, 3.05) is 0 Å². The van der Waals surface area contributed by atoms with E-state index >= 15 is 0 Å². The molecule has 0 atom stereocenters. The number of thioether (sulfide) groups is 1. The van der Waals surface area contributed by atoms with E-state index in [0.29, 0.717) is 28.7 Å². The third-order valence-corrected chi connectivity index (χ3v) is 6.32. The van der Waals surface area contributed by atoms with Gasteiger partial charge in [-0.15, -0.1) is 10.2 Å². The van der Waals surface area contributed by atoms with Crippen LogP contribution < -0.4 is 5.63 Å². The van der Waals surface area contributed by atoms with Gasteiger partial charge in [0.2, 0.25) is 0 Å². The van der Waals surface area contributed by atoms with Crippen molar-refractivity contribution >= 4 is 34.3 Å². The highest BCUT2D eigenvalue weighted by Crippen LogP contribution is 2.30. The molecule has 0 amide bonds. The van der Waals surface area contributed by atoms with Gasteiger partial charge in [-0.25, -0.2) is 4.79 Å². The van der Waals surface area contributed by atoms with Gasteiger partial charge in [-0.2, -0.15) is 0 Å². The number of aromatic nitrogens is 3. The Morgan fingerprint density at radius 1 is 1.06 bits per heavy atom. The molecule has 0 aliphatic heterocycles. The first-order valence-electron chi connectivity index (χ1n) is 9.94. The smallest absolute Gasteiger partial charge is 0.336 e. The van der Waals surface area contributed by atoms with E-state index in [4.69, 9.17) is 20.4 Å². The molecule has 5 aromatic rings. The Bertz CT molecular complexity index is 1440. The fourth-order valence-corrected chi connectivity index (χ4v) is 4.56. The molecule has 5 rings (SSSR count). The van der Waals surface area contributed by atoms with Crippen molar-refractivity contribution in [1.82, 2.24) is 14.8 Å². The van der Waals surface area contributed by atoms with Crippen LogP contribution in [0.1, 0.15) is 16.9 Å². The zero-order valence-electron chi connectivity index (χ0n) is 17.1. The first-order valence-corrected chi connectivity index (χ1v) is 11.3. The molecule has 0 bridgehead atoms. The summed E-state index contributed by atoms with van der Waals surface area (Å²) >= 11 is 7.56. The van der Waals surface area contributed by atoms with Crippen LogP contribution in [0.5, 0.6) is 0 Å². The average Bonchev–Trinajstić information content (AvgIpc) is 3.43. The number of rotatable bonds is 6. The molecule has 32 heavy (non-hydrogen) atoms. The summed E-state index contributed by atoms with van der Waals surface area (Å²) in [4.78, 5) is 12.1. The fraction of sp³-hybridized carbons (Fsp3) is 0.125. The minimum Gasteiger partial charge on any atom is -0.467 e. The zero-order chi connectivity index (χ0) is 22.1. The number of aryl methyl sites for hydroxylation is 1. The van der Waals surface area contributed by atoms with Crippen LogP contribution in [-0.4, -0.2) is 14.8 Å². The van der Waals surface area contributed by atoms with Crippen LogP contribution in [0.4, 0.5) is 0 Å². The molecule has 3 heterocycles. The minimum atomic E-state index is -0.363. The molecular weight excluding hydrogens is 446 g/mol. The first kappa shape index (κ1) is 20.6. The van der Waals surface area contributed by atoms with E-state index in [-0.39, 0.29) is 5.63 Å². The van der Waals surface area contributed by atoms with Gasteiger partial charge in [0.05, 0.1) is 12.8 Å². The van der Waals surface area contributed by atoms with Crippen molar-refractivity contribution < 1.29 is 8.83 Å². The van der Waals surface area contributed by atoms with Gasteiger partial charge in [0.25, 0.3) is 0 Å². The Labute approximate surface area is 192 Å². The summed E-state index contributed by atoms with van der Waals surface area (Å²) in [5.74, 6) is 2.05. The molecule has 6 nitrogen and oxygen atoms in total. The number of hydrogen-bond acceptors (Lipinski definition) is 6. The van der Waals surface area contributed by atoms with Crippen molar-refractivity contribution in [3.8, 4) is 11.4 Å². The second-order valence-electron chi connectivity index (χ2n) is 7.36.